The fraction of sp³-hybridized carbons (Fsp3) is 0.944. The number of nitrogens with one attached hydrogen (secondary N) is 1. The molecule has 2 aliphatic rings. The highest BCUT2D eigenvalue weighted by Crippen LogP contribution is 2.20. The first kappa shape index (κ1) is 18.5. The third-order valence-corrected chi connectivity index (χ3v) is 4.66. The Kier molecular flexibility index (Phi) is 7.15. The molecule has 23 heavy (non-hydrogen) atoms. The molecule has 0 aromatic heterocycles. The molecular weight excluding hydrogens is 290 g/mol. The molecule has 0 spiro atoms. The van der Waals surface area contributed by atoms with E-state index < -0.39 is 5.60 Å². The van der Waals surface area contributed by atoms with Gasteiger partial charge >= 0.3 is 6.09 Å². The fourth-order valence-electron chi connectivity index (χ4n) is 3.49. The molecule has 0 aromatic carbocycles. The van der Waals surface area contributed by atoms with Crippen molar-refractivity contribution in [3.63, 3.8) is 0 Å². The van der Waals surface area contributed by atoms with Crippen LogP contribution in [0.2, 0.25) is 0 Å². The summed E-state index contributed by atoms with van der Waals surface area (Å²) in [5.74, 6) is 0. The number of ether oxygens (including phenoxy) is 1. The summed E-state index contributed by atoms with van der Waals surface area (Å²) in [5, 5.41) is 3.54. The molecule has 0 aliphatic carbocycles. The second-order valence-corrected chi connectivity index (χ2v) is 7.93. The van der Waals surface area contributed by atoms with E-state index in [0.29, 0.717) is 6.04 Å². The van der Waals surface area contributed by atoms with Crippen LogP contribution in [0, 0.1) is 0 Å². The van der Waals surface area contributed by atoms with Crippen molar-refractivity contribution in [2.45, 2.75) is 70.9 Å². The zero-order valence-corrected chi connectivity index (χ0v) is 15.3. The first-order valence-electron chi connectivity index (χ1n) is 9.38. The van der Waals surface area contributed by atoms with E-state index >= 15 is 0 Å². The number of rotatable bonds is 6. The Morgan fingerprint density at radius 2 is 1.87 bits per heavy atom. The lowest BCUT2D eigenvalue weighted by atomic mass is 10.1. The van der Waals surface area contributed by atoms with E-state index in [9.17, 15) is 4.79 Å². The van der Waals surface area contributed by atoms with Gasteiger partial charge in [0.25, 0.3) is 0 Å². The number of amides is 1. The van der Waals surface area contributed by atoms with Crippen LogP contribution in [0.5, 0.6) is 0 Å². The minimum atomic E-state index is -0.411. The van der Waals surface area contributed by atoms with Crippen molar-refractivity contribution >= 4 is 6.09 Å². The van der Waals surface area contributed by atoms with E-state index in [1.807, 2.05) is 25.7 Å². The highest BCUT2D eigenvalue weighted by atomic mass is 16.6. The average Bonchev–Trinajstić information content (AvgIpc) is 2.95. The van der Waals surface area contributed by atoms with Gasteiger partial charge < -0.3 is 19.9 Å². The normalized spacial score (nSPS) is 23.3. The predicted molar refractivity (Wildman–Crippen MR) is 93.7 cm³/mol. The van der Waals surface area contributed by atoms with E-state index in [0.717, 1.165) is 32.5 Å². The lowest BCUT2D eigenvalue weighted by molar-refractivity contribution is 0.0226. The number of piperidine rings is 1. The highest BCUT2D eigenvalue weighted by molar-refractivity contribution is 5.69. The van der Waals surface area contributed by atoms with Crippen molar-refractivity contribution < 1.29 is 9.53 Å². The maximum absolute atomic E-state index is 12.2. The maximum atomic E-state index is 12.2. The van der Waals surface area contributed by atoms with Gasteiger partial charge in [-0.2, -0.15) is 0 Å². The van der Waals surface area contributed by atoms with Crippen molar-refractivity contribution in [3.8, 4) is 0 Å². The number of nitrogens with zero attached hydrogens (tertiary/aromatic N) is 2. The zero-order valence-electron chi connectivity index (χ0n) is 15.3. The van der Waals surface area contributed by atoms with E-state index in [-0.39, 0.29) is 6.09 Å². The molecule has 0 bridgehead atoms. The van der Waals surface area contributed by atoms with Gasteiger partial charge in [0.15, 0.2) is 0 Å². The SMILES string of the molecule is CC(C)(C)OC(=O)N1CCCC1CNCCCN1CCCCC1. The van der Waals surface area contributed by atoms with Gasteiger partial charge in [-0.1, -0.05) is 6.42 Å². The molecule has 134 valence electrons. The van der Waals surface area contributed by atoms with E-state index in [2.05, 4.69) is 10.2 Å². The Hall–Kier alpha value is -0.810. The first-order chi connectivity index (χ1) is 11.0. The molecule has 5 heteroatoms. The van der Waals surface area contributed by atoms with Crippen LogP contribution in [-0.2, 0) is 4.74 Å². The van der Waals surface area contributed by atoms with Gasteiger partial charge in [-0.15, -0.1) is 0 Å². The molecular formula is C18H35N3O2. The lowest BCUT2D eigenvalue weighted by Crippen LogP contribution is -2.44. The van der Waals surface area contributed by atoms with Crippen LogP contribution in [0.25, 0.3) is 0 Å². The van der Waals surface area contributed by atoms with Crippen LogP contribution in [0.3, 0.4) is 0 Å². The van der Waals surface area contributed by atoms with Crippen LogP contribution >= 0.6 is 0 Å². The quantitative estimate of drug-likeness (QED) is 0.763. The number of hydrogen-bond donors (Lipinski definition) is 1. The monoisotopic (exact) mass is 325 g/mol. The van der Waals surface area contributed by atoms with Crippen LogP contribution in [0.1, 0.15) is 59.3 Å². The summed E-state index contributed by atoms with van der Waals surface area (Å²) < 4.78 is 5.51. The van der Waals surface area contributed by atoms with E-state index in [4.69, 9.17) is 4.74 Å². The maximum Gasteiger partial charge on any atom is 0.410 e. The Labute approximate surface area is 141 Å². The second-order valence-electron chi connectivity index (χ2n) is 7.93. The Balaban J connectivity index is 1.61. The van der Waals surface area contributed by atoms with Crippen molar-refractivity contribution in [2.75, 3.05) is 39.3 Å². The summed E-state index contributed by atoms with van der Waals surface area (Å²) in [4.78, 5) is 16.7. The largest absolute Gasteiger partial charge is 0.444 e. The molecule has 0 saturated carbocycles. The molecule has 2 rings (SSSR count). The van der Waals surface area contributed by atoms with Crippen LogP contribution in [-0.4, -0.2) is 66.8 Å². The topological polar surface area (TPSA) is 44.8 Å². The van der Waals surface area contributed by atoms with Crippen molar-refractivity contribution in [2.24, 2.45) is 0 Å². The van der Waals surface area contributed by atoms with E-state index in [1.54, 1.807) is 0 Å². The van der Waals surface area contributed by atoms with Gasteiger partial charge in [0.05, 0.1) is 0 Å². The van der Waals surface area contributed by atoms with Gasteiger partial charge in [0.2, 0.25) is 0 Å². The molecule has 2 heterocycles. The molecule has 1 unspecified atom stereocenters. The van der Waals surface area contributed by atoms with Gasteiger partial charge in [-0.05, 0) is 79.1 Å². The zero-order chi connectivity index (χ0) is 16.7. The molecule has 1 N–H and O–H groups in total. The van der Waals surface area contributed by atoms with Gasteiger partial charge in [0.1, 0.15) is 5.60 Å². The minimum Gasteiger partial charge on any atom is -0.444 e. The Morgan fingerprint density at radius 1 is 1.13 bits per heavy atom. The fourth-order valence-corrected chi connectivity index (χ4v) is 3.49. The number of hydrogen-bond acceptors (Lipinski definition) is 4. The Morgan fingerprint density at radius 3 is 2.57 bits per heavy atom. The van der Waals surface area contributed by atoms with Gasteiger partial charge in [-0.3, -0.25) is 0 Å². The van der Waals surface area contributed by atoms with Crippen LogP contribution in [0.15, 0.2) is 0 Å². The smallest absolute Gasteiger partial charge is 0.410 e. The predicted octanol–water partition coefficient (Wildman–Crippen LogP) is 2.85. The average molecular weight is 325 g/mol. The molecule has 2 aliphatic heterocycles. The molecule has 1 atom stereocenters. The second kappa shape index (κ2) is 8.88. The van der Waals surface area contributed by atoms with Crippen molar-refractivity contribution in [1.82, 2.24) is 15.1 Å². The van der Waals surface area contributed by atoms with Crippen molar-refractivity contribution in [3.05, 3.63) is 0 Å². The molecule has 2 fully saturated rings. The number of carbonyl (C=O) groups excluding carboxylic acids is 1. The minimum absolute atomic E-state index is 0.157. The van der Waals surface area contributed by atoms with Gasteiger partial charge in [-0.25, -0.2) is 4.79 Å². The third kappa shape index (κ3) is 6.68. The number of likely N-dealkylation sites (tertiary alicyclic amines) is 2. The summed E-state index contributed by atoms with van der Waals surface area (Å²) in [7, 11) is 0. The molecule has 5 nitrogen and oxygen atoms in total. The Bertz CT molecular complexity index is 362. The highest BCUT2D eigenvalue weighted by Gasteiger charge is 2.31. The van der Waals surface area contributed by atoms with Crippen LogP contribution < -0.4 is 5.32 Å². The molecule has 2 saturated heterocycles. The van der Waals surface area contributed by atoms with E-state index in [1.165, 1.54) is 45.3 Å². The summed E-state index contributed by atoms with van der Waals surface area (Å²) in [5.41, 5.74) is -0.411. The van der Waals surface area contributed by atoms with Crippen molar-refractivity contribution in [1.29, 1.82) is 0 Å². The molecule has 0 radical (unpaired) electrons. The van der Waals surface area contributed by atoms with Crippen LogP contribution in [0.4, 0.5) is 4.79 Å². The summed E-state index contributed by atoms with van der Waals surface area (Å²) in [6, 6.07) is 0.292. The first-order valence-corrected chi connectivity index (χ1v) is 9.38. The summed E-state index contributed by atoms with van der Waals surface area (Å²) >= 11 is 0. The standard InChI is InChI=1S/C18H35N3O2/c1-18(2,3)23-17(22)21-14-7-9-16(21)15-19-10-8-13-20-11-5-4-6-12-20/h16,19H,4-15H2,1-3H3. The molecule has 1 amide bonds. The summed E-state index contributed by atoms with van der Waals surface area (Å²) in [6.45, 7) is 12.3. The van der Waals surface area contributed by atoms with Gasteiger partial charge in [0, 0.05) is 19.1 Å². The molecule has 0 aromatic rings. The lowest BCUT2D eigenvalue weighted by Gasteiger charge is -2.29. The number of carbonyl (C=O) groups is 1. The third-order valence-electron chi connectivity index (χ3n) is 4.66. The summed E-state index contributed by atoms with van der Waals surface area (Å²) in [6.07, 6.45) is 7.32.